The Morgan fingerprint density at radius 1 is 1.11 bits per heavy atom. The molecule has 0 radical (unpaired) electrons. The normalized spacial score (nSPS) is 19.9. The Labute approximate surface area is 223 Å². The zero-order chi connectivity index (χ0) is 25.8. The van der Waals surface area contributed by atoms with E-state index < -0.39 is 0 Å². The number of halogens is 1. The molecule has 1 aliphatic carbocycles. The van der Waals surface area contributed by atoms with Crippen LogP contribution in [-0.2, 0) is 16.0 Å². The van der Waals surface area contributed by atoms with Crippen LogP contribution in [0.3, 0.4) is 0 Å². The fraction of sp³-hybridized carbons (Fsp3) is 0.500. The molecule has 2 fully saturated rings. The highest BCUT2D eigenvalue weighted by atomic mass is 35.5. The van der Waals surface area contributed by atoms with Crippen LogP contribution in [0.2, 0.25) is 5.02 Å². The van der Waals surface area contributed by atoms with Crippen LogP contribution in [0.4, 0.5) is 11.8 Å². The highest BCUT2D eigenvalue weighted by Gasteiger charge is 2.26. The molecule has 1 aliphatic heterocycles. The number of nitrogens with zero attached hydrogens (tertiary/aromatic N) is 4. The summed E-state index contributed by atoms with van der Waals surface area (Å²) < 4.78 is 5.17. The van der Waals surface area contributed by atoms with E-state index in [2.05, 4.69) is 32.7 Å². The number of nitrogens with one attached hydrogen (secondary N) is 2. The Hall–Kier alpha value is -2.97. The van der Waals surface area contributed by atoms with E-state index in [0.717, 1.165) is 58.7 Å². The quantitative estimate of drug-likeness (QED) is 0.414. The number of ether oxygens (including phenoxy) is 1. The molecule has 0 atom stereocenters. The van der Waals surface area contributed by atoms with Crippen molar-refractivity contribution in [1.29, 1.82) is 0 Å². The van der Waals surface area contributed by atoms with Crippen molar-refractivity contribution in [2.75, 3.05) is 37.4 Å². The van der Waals surface area contributed by atoms with Gasteiger partial charge in [-0.15, -0.1) is 0 Å². The number of rotatable bonds is 9. The summed E-state index contributed by atoms with van der Waals surface area (Å²) in [4.78, 5) is 27.7. The molecule has 1 saturated heterocycles. The molecule has 37 heavy (non-hydrogen) atoms. The first-order valence-electron chi connectivity index (χ1n) is 13.2. The van der Waals surface area contributed by atoms with Crippen LogP contribution in [0.25, 0.3) is 10.9 Å². The van der Waals surface area contributed by atoms with Crippen molar-refractivity contribution >= 4 is 40.2 Å². The number of amides is 1. The molecule has 2 aliphatic rings. The Morgan fingerprint density at radius 3 is 2.54 bits per heavy atom. The predicted molar refractivity (Wildman–Crippen MR) is 147 cm³/mol. The third kappa shape index (κ3) is 6.30. The molecular weight excluding hydrogens is 488 g/mol. The van der Waals surface area contributed by atoms with Crippen LogP contribution in [0, 0.1) is 12.8 Å². The Kier molecular flexibility index (Phi) is 8.05. The topological polar surface area (TPSA) is 92.3 Å². The van der Waals surface area contributed by atoms with E-state index in [4.69, 9.17) is 21.3 Å². The van der Waals surface area contributed by atoms with Crippen LogP contribution in [0.1, 0.15) is 43.2 Å². The second kappa shape index (κ2) is 11.6. The summed E-state index contributed by atoms with van der Waals surface area (Å²) in [5.41, 5.74) is 2.74. The number of hydrogen-bond acceptors (Lipinski definition) is 7. The predicted octanol–water partition coefficient (Wildman–Crippen LogP) is 4.86. The van der Waals surface area contributed by atoms with Gasteiger partial charge in [0.2, 0.25) is 11.9 Å². The SMILES string of the molecule is Cc1ccc2ccc(N[C@H]3CC[C@H](CCNc4ncc(CC(=O)N(C)C5COC5)cn4)CC3)nc2c1Cl. The summed E-state index contributed by atoms with van der Waals surface area (Å²) in [6, 6.07) is 8.87. The van der Waals surface area contributed by atoms with E-state index in [9.17, 15) is 4.79 Å². The number of benzene rings is 1. The molecule has 1 aromatic carbocycles. The number of hydrogen-bond donors (Lipinski definition) is 2. The van der Waals surface area contributed by atoms with Gasteiger partial charge in [-0.2, -0.15) is 0 Å². The van der Waals surface area contributed by atoms with Crippen molar-refractivity contribution in [1.82, 2.24) is 19.9 Å². The summed E-state index contributed by atoms with van der Waals surface area (Å²) in [7, 11) is 1.83. The maximum atomic E-state index is 12.4. The van der Waals surface area contributed by atoms with Crippen LogP contribution >= 0.6 is 11.6 Å². The average molecular weight is 523 g/mol. The van der Waals surface area contributed by atoms with Crippen LogP contribution in [0.5, 0.6) is 0 Å². The molecule has 0 unspecified atom stereocenters. The minimum absolute atomic E-state index is 0.0676. The lowest BCUT2D eigenvalue weighted by Crippen LogP contribution is -2.50. The third-order valence-corrected chi connectivity index (χ3v) is 8.13. The molecule has 2 aromatic heterocycles. The van der Waals surface area contributed by atoms with E-state index >= 15 is 0 Å². The lowest BCUT2D eigenvalue weighted by molar-refractivity contribution is -0.140. The van der Waals surface area contributed by atoms with Gasteiger partial charge in [-0.05, 0) is 68.2 Å². The lowest BCUT2D eigenvalue weighted by Gasteiger charge is -2.34. The minimum Gasteiger partial charge on any atom is -0.377 e. The highest BCUT2D eigenvalue weighted by molar-refractivity contribution is 6.35. The van der Waals surface area contributed by atoms with E-state index in [1.807, 2.05) is 26.1 Å². The molecular formula is C28H35ClN6O2. The Bertz CT molecular complexity index is 1230. The molecule has 3 aromatic rings. The molecule has 1 amide bonds. The first-order chi connectivity index (χ1) is 18.0. The summed E-state index contributed by atoms with van der Waals surface area (Å²) in [5.74, 6) is 2.27. The van der Waals surface area contributed by atoms with Crippen molar-refractivity contribution in [2.45, 2.75) is 57.5 Å². The fourth-order valence-corrected chi connectivity index (χ4v) is 5.23. The van der Waals surface area contributed by atoms with E-state index in [1.165, 1.54) is 12.8 Å². The second-order valence-electron chi connectivity index (χ2n) is 10.3. The van der Waals surface area contributed by atoms with Gasteiger partial charge in [-0.3, -0.25) is 4.79 Å². The van der Waals surface area contributed by atoms with Crippen LogP contribution in [0.15, 0.2) is 36.7 Å². The molecule has 9 heteroatoms. The molecule has 3 heterocycles. The molecule has 8 nitrogen and oxygen atoms in total. The van der Waals surface area contributed by atoms with Gasteiger partial charge >= 0.3 is 0 Å². The van der Waals surface area contributed by atoms with Crippen LogP contribution < -0.4 is 10.6 Å². The smallest absolute Gasteiger partial charge is 0.227 e. The van der Waals surface area contributed by atoms with Crippen molar-refractivity contribution in [2.24, 2.45) is 5.92 Å². The summed E-state index contributed by atoms with van der Waals surface area (Å²) in [6.45, 7) is 4.10. The summed E-state index contributed by atoms with van der Waals surface area (Å²) >= 11 is 6.48. The van der Waals surface area contributed by atoms with Gasteiger partial charge in [0.1, 0.15) is 5.82 Å². The lowest BCUT2D eigenvalue weighted by atomic mass is 9.84. The number of pyridine rings is 1. The van der Waals surface area contributed by atoms with Gasteiger partial charge in [-0.1, -0.05) is 23.7 Å². The average Bonchev–Trinajstić information content (AvgIpc) is 2.87. The first kappa shape index (κ1) is 25.7. The second-order valence-corrected chi connectivity index (χ2v) is 10.7. The van der Waals surface area contributed by atoms with Gasteiger partial charge in [0.25, 0.3) is 0 Å². The highest BCUT2D eigenvalue weighted by Crippen LogP contribution is 2.30. The minimum atomic E-state index is 0.0676. The van der Waals surface area contributed by atoms with Gasteiger partial charge in [0, 0.05) is 37.4 Å². The Balaban J connectivity index is 1.03. The van der Waals surface area contributed by atoms with Gasteiger partial charge in [0.05, 0.1) is 36.2 Å². The van der Waals surface area contributed by atoms with Crippen molar-refractivity contribution in [3.05, 3.63) is 52.8 Å². The zero-order valence-corrected chi connectivity index (χ0v) is 22.3. The largest absolute Gasteiger partial charge is 0.377 e. The van der Waals surface area contributed by atoms with E-state index in [-0.39, 0.29) is 11.9 Å². The summed E-state index contributed by atoms with van der Waals surface area (Å²) in [6.07, 6.45) is 9.52. The van der Waals surface area contributed by atoms with Gasteiger partial charge in [0.15, 0.2) is 0 Å². The summed E-state index contributed by atoms with van der Waals surface area (Å²) in [5, 5.41) is 8.76. The number of carbonyl (C=O) groups is 1. The number of likely N-dealkylation sites (N-methyl/N-ethyl adjacent to an activating group) is 1. The fourth-order valence-electron chi connectivity index (χ4n) is 5.02. The van der Waals surface area contributed by atoms with Crippen molar-refractivity contribution in [3.63, 3.8) is 0 Å². The number of fused-ring (bicyclic) bond motifs is 1. The number of aryl methyl sites for hydroxylation is 1. The monoisotopic (exact) mass is 522 g/mol. The molecule has 0 bridgehead atoms. The molecule has 2 N–H and O–H groups in total. The molecule has 5 rings (SSSR count). The standard InChI is InChI=1S/C28H35ClN6O2/c1-18-3-6-21-7-10-24(34-27(21)26(18)29)33-22-8-4-19(5-9-22)11-12-30-28-31-14-20(15-32-28)13-25(36)35(2)23-16-37-17-23/h3,6-7,10,14-15,19,22-23H,4-5,8-9,11-13,16-17H2,1-2H3,(H,33,34)(H,30,31,32)/t19-,22-. The molecule has 1 saturated carbocycles. The molecule has 0 spiro atoms. The van der Waals surface area contributed by atoms with Crippen LogP contribution in [-0.4, -0.2) is 64.6 Å². The van der Waals surface area contributed by atoms with E-state index in [0.29, 0.717) is 37.5 Å². The maximum absolute atomic E-state index is 12.4. The van der Waals surface area contributed by atoms with Crippen molar-refractivity contribution < 1.29 is 9.53 Å². The maximum Gasteiger partial charge on any atom is 0.227 e. The number of carbonyl (C=O) groups excluding carboxylic acids is 1. The first-order valence-corrected chi connectivity index (χ1v) is 13.5. The van der Waals surface area contributed by atoms with E-state index in [1.54, 1.807) is 17.3 Å². The zero-order valence-electron chi connectivity index (χ0n) is 21.5. The van der Waals surface area contributed by atoms with Gasteiger partial charge < -0.3 is 20.3 Å². The Morgan fingerprint density at radius 2 is 1.84 bits per heavy atom. The molecule has 196 valence electrons. The third-order valence-electron chi connectivity index (χ3n) is 7.65. The van der Waals surface area contributed by atoms with Gasteiger partial charge in [-0.25, -0.2) is 15.0 Å². The van der Waals surface area contributed by atoms with Crippen molar-refractivity contribution in [3.8, 4) is 0 Å². The number of anilines is 2. The number of aromatic nitrogens is 3.